The molecule has 154 valence electrons. The van der Waals surface area contributed by atoms with Crippen molar-refractivity contribution in [1.82, 2.24) is 4.90 Å². The van der Waals surface area contributed by atoms with Crippen LogP contribution in [-0.4, -0.2) is 55.8 Å². The second kappa shape index (κ2) is 9.69. The first-order chi connectivity index (χ1) is 13.9. The van der Waals surface area contributed by atoms with Gasteiger partial charge in [0.25, 0.3) is 5.91 Å². The van der Waals surface area contributed by atoms with Crippen LogP contribution in [0.5, 0.6) is 5.75 Å². The van der Waals surface area contributed by atoms with E-state index in [1.807, 2.05) is 47.0 Å². The van der Waals surface area contributed by atoms with Gasteiger partial charge < -0.3 is 19.9 Å². The van der Waals surface area contributed by atoms with Crippen LogP contribution in [0.2, 0.25) is 0 Å². The molecule has 0 bridgehead atoms. The van der Waals surface area contributed by atoms with Crippen LogP contribution in [0.1, 0.15) is 13.3 Å². The Morgan fingerprint density at radius 3 is 2.79 bits per heavy atom. The van der Waals surface area contributed by atoms with Crippen LogP contribution >= 0.6 is 11.8 Å². The molecule has 0 saturated carbocycles. The zero-order chi connectivity index (χ0) is 20.8. The quantitative estimate of drug-likeness (QED) is 0.786. The molecule has 2 amide bonds. The molecule has 2 aromatic rings. The molecule has 0 aromatic heterocycles. The predicted octanol–water partition coefficient (Wildman–Crippen LogP) is 3.48. The van der Waals surface area contributed by atoms with Crippen LogP contribution in [0.15, 0.2) is 53.4 Å². The van der Waals surface area contributed by atoms with Crippen LogP contribution in [0.3, 0.4) is 0 Å². The molecular formula is C22H27N3O3S. The first-order valence-corrected chi connectivity index (χ1v) is 10.5. The van der Waals surface area contributed by atoms with Gasteiger partial charge in [-0.1, -0.05) is 25.1 Å². The van der Waals surface area contributed by atoms with Gasteiger partial charge in [0.15, 0.2) is 6.61 Å². The highest BCUT2D eigenvalue weighted by molar-refractivity contribution is 8.00. The SMILES string of the molecule is C[C@H]1CCN(C(=O)CNc2cccc(OCC(=O)N(C)C)c2)c2ccccc2S1. The van der Waals surface area contributed by atoms with Gasteiger partial charge in [0.2, 0.25) is 5.91 Å². The lowest BCUT2D eigenvalue weighted by Crippen LogP contribution is -2.36. The van der Waals surface area contributed by atoms with Crippen molar-refractivity contribution in [1.29, 1.82) is 0 Å². The third kappa shape index (κ3) is 5.67. The molecule has 0 spiro atoms. The number of amides is 2. The summed E-state index contributed by atoms with van der Waals surface area (Å²) in [4.78, 5) is 29.1. The summed E-state index contributed by atoms with van der Waals surface area (Å²) in [6.07, 6.45) is 0.953. The van der Waals surface area contributed by atoms with Crippen LogP contribution in [0, 0.1) is 0 Å². The van der Waals surface area contributed by atoms with Gasteiger partial charge in [-0.3, -0.25) is 9.59 Å². The van der Waals surface area contributed by atoms with Crippen LogP contribution in [0.4, 0.5) is 11.4 Å². The average molecular weight is 414 g/mol. The number of hydrogen-bond donors (Lipinski definition) is 1. The van der Waals surface area contributed by atoms with Crippen molar-refractivity contribution >= 4 is 35.0 Å². The van der Waals surface area contributed by atoms with Crippen molar-refractivity contribution in [2.24, 2.45) is 0 Å². The minimum atomic E-state index is -0.106. The van der Waals surface area contributed by atoms with Gasteiger partial charge in [-0.05, 0) is 30.7 Å². The van der Waals surface area contributed by atoms with Gasteiger partial charge in [-0.2, -0.15) is 0 Å². The minimum absolute atomic E-state index is 0.0181. The van der Waals surface area contributed by atoms with Crippen molar-refractivity contribution in [2.45, 2.75) is 23.5 Å². The molecule has 1 atom stereocenters. The van der Waals surface area contributed by atoms with E-state index < -0.39 is 0 Å². The Labute approximate surface area is 176 Å². The Balaban J connectivity index is 1.62. The van der Waals surface area contributed by atoms with Gasteiger partial charge in [0.1, 0.15) is 5.75 Å². The van der Waals surface area contributed by atoms with Crippen molar-refractivity contribution < 1.29 is 14.3 Å². The lowest BCUT2D eigenvalue weighted by Gasteiger charge is -2.23. The number of thioether (sulfide) groups is 1. The normalized spacial score (nSPS) is 15.8. The van der Waals surface area contributed by atoms with E-state index in [4.69, 9.17) is 4.74 Å². The van der Waals surface area contributed by atoms with Crippen LogP contribution in [-0.2, 0) is 9.59 Å². The first-order valence-electron chi connectivity index (χ1n) is 9.67. The fraction of sp³-hybridized carbons (Fsp3) is 0.364. The fourth-order valence-corrected chi connectivity index (χ4v) is 4.10. The molecule has 0 radical (unpaired) electrons. The molecule has 1 heterocycles. The number of benzene rings is 2. The summed E-state index contributed by atoms with van der Waals surface area (Å²) < 4.78 is 5.54. The lowest BCUT2D eigenvalue weighted by molar-refractivity contribution is -0.130. The van der Waals surface area contributed by atoms with Crippen molar-refractivity contribution in [3.05, 3.63) is 48.5 Å². The van der Waals surface area contributed by atoms with E-state index >= 15 is 0 Å². The molecule has 0 unspecified atom stereocenters. The van der Waals surface area contributed by atoms with Crippen LogP contribution in [0.25, 0.3) is 0 Å². The summed E-state index contributed by atoms with van der Waals surface area (Å²) in [7, 11) is 3.38. The fourth-order valence-electron chi connectivity index (χ4n) is 2.99. The third-order valence-electron chi connectivity index (χ3n) is 4.68. The predicted molar refractivity (Wildman–Crippen MR) is 118 cm³/mol. The number of anilines is 2. The van der Waals surface area contributed by atoms with Crippen molar-refractivity contribution in [2.75, 3.05) is 44.0 Å². The van der Waals surface area contributed by atoms with E-state index in [-0.39, 0.29) is 25.0 Å². The topological polar surface area (TPSA) is 61.9 Å². The molecule has 3 rings (SSSR count). The Bertz CT molecular complexity index is 872. The molecule has 0 saturated heterocycles. The molecule has 0 aliphatic carbocycles. The standard InChI is InChI=1S/C22H27N3O3S/c1-16-11-12-25(19-9-4-5-10-20(19)29-16)21(26)14-23-17-7-6-8-18(13-17)28-15-22(27)24(2)3/h4-10,13,16,23H,11-12,14-15H2,1-3H3/t16-/m0/s1. The molecule has 29 heavy (non-hydrogen) atoms. The molecule has 1 aliphatic heterocycles. The number of fused-ring (bicyclic) bond motifs is 1. The lowest BCUT2D eigenvalue weighted by atomic mass is 10.2. The Morgan fingerprint density at radius 1 is 1.21 bits per heavy atom. The molecule has 2 aromatic carbocycles. The van der Waals surface area contributed by atoms with E-state index in [2.05, 4.69) is 18.3 Å². The number of rotatable bonds is 6. The summed E-state index contributed by atoms with van der Waals surface area (Å²) in [6, 6.07) is 15.4. The van der Waals surface area contributed by atoms with Crippen molar-refractivity contribution in [3.63, 3.8) is 0 Å². The number of likely N-dealkylation sites (N-methyl/N-ethyl adjacent to an activating group) is 1. The zero-order valence-electron chi connectivity index (χ0n) is 17.1. The molecule has 1 N–H and O–H groups in total. The number of hydrogen-bond acceptors (Lipinski definition) is 5. The minimum Gasteiger partial charge on any atom is -0.484 e. The highest BCUT2D eigenvalue weighted by Crippen LogP contribution is 2.37. The summed E-state index contributed by atoms with van der Waals surface area (Å²) in [5, 5.41) is 3.65. The van der Waals surface area contributed by atoms with E-state index in [9.17, 15) is 9.59 Å². The number of carbonyl (C=O) groups excluding carboxylic acids is 2. The second-order valence-electron chi connectivity index (χ2n) is 7.19. The third-order valence-corrected chi connectivity index (χ3v) is 5.92. The van der Waals surface area contributed by atoms with Gasteiger partial charge >= 0.3 is 0 Å². The highest BCUT2D eigenvalue weighted by atomic mass is 32.2. The largest absolute Gasteiger partial charge is 0.484 e. The molecular weight excluding hydrogens is 386 g/mol. The zero-order valence-corrected chi connectivity index (χ0v) is 17.9. The highest BCUT2D eigenvalue weighted by Gasteiger charge is 2.23. The monoisotopic (exact) mass is 413 g/mol. The smallest absolute Gasteiger partial charge is 0.259 e. The molecule has 0 fully saturated rings. The van der Waals surface area contributed by atoms with E-state index in [0.717, 1.165) is 22.7 Å². The van der Waals surface area contributed by atoms with Gasteiger partial charge in [-0.25, -0.2) is 0 Å². The molecule has 7 heteroatoms. The summed E-state index contributed by atoms with van der Waals surface area (Å²) >= 11 is 1.82. The van der Waals surface area contributed by atoms with E-state index in [1.165, 1.54) is 4.90 Å². The van der Waals surface area contributed by atoms with Crippen LogP contribution < -0.4 is 15.0 Å². The molecule has 1 aliphatic rings. The number of carbonyl (C=O) groups is 2. The maximum atomic E-state index is 12.9. The maximum Gasteiger partial charge on any atom is 0.259 e. The van der Waals surface area contributed by atoms with E-state index in [1.54, 1.807) is 26.2 Å². The Morgan fingerprint density at radius 2 is 2.00 bits per heavy atom. The summed E-state index contributed by atoms with van der Waals surface area (Å²) in [5.74, 6) is 0.509. The van der Waals surface area contributed by atoms with Gasteiger partial charge in [0.05, 0.1) is 12.2 Å². The van der Waals surface area contributed by atoms with E-state index in [0.29, 0.717) is 17.5 Å². The second-order valence-corrected chi connectivity index (χ2v) is 8.67. The van der Waals surface area contributed by atoms with Gasteiger partial charge in [-0.15, -0.1) is 11.8 Å². The first kappa shape index (κ1) is 21.0. The Kier molecular flexibility index (Phi) is 7.04. The number of nitrogens with zero attached hydrogens (tertiary/aromatic N) is 2. The molecule has 6 nitrogen and oxygen atoms in total. The van der Waals surface area contributed by atoms with Gasteiger partial charge in [0, 0.05) is 42.5 Å². The summed E-state index contributed by atoms with van der Waals surface area (Å²) in [5.41, 5.74) is 1.76. The maximum absolute atomic E-state index is 12.9. The van der Waals surface area contributed by atoms with Crippen molar-refractivity contribution in [3.8, 4) is 5.75 Å². The Hall–Kier alpha value is -2.67. The number of nitrogens with one attached hydrogen (secondary N) is 1. The average Bonchev–Trinajstić information content (AvgIpc) is 2.88. The number of ether oxygens (including phenoxy) is 1. The number of para-hydroxylation sites is 1. The summed E-state index contributed by atoms with van der Waals surface area (Å²) in [6.45, 7) is 3.07.